The van der Waals surface area contributed by atoms with Crippen LogP contribution in [0.25, 0.3) is 0 Å². The van der Waals surface area contributed by atoms with E-state index in [0.717, 1.165) is 5.69 Å². The summed E-state index contributed by atoms with van der Waals surface area (Å²) in [6.45, 7) is 1.83. The van der Waals surface area contributed by atoms with Gasteiger partial charge in [0.2, 0.25) is 5.91 Å². The van der Waals surface area contributed by atoms with Crippen LogP contribution in [-0.4, -0.2) is 35.3 Å². The van der Waals surface area contributed by atoms with E-state index >= 15 is 0 Å². The van der Waals surface area contributed by atoms with E-state index in [0.29, 0.717) is 22.0 Å². The summed E-state index contributed by atoms with van der Waals surface area (Å²) in [5.74, 6) is 0.232. The normalized spacial score (nSPS) is 10.9. The van der Waals surface area contributed by atoms with Crippen molar-refractivity contribution >= 4 is 50.8 Å². The minimum atomic E-state index is -3.87. The Hall–Kier alpha value is -3.20. The first-order chi connectivity index (χ1) is 15.3. The Balaban J connectivity index is 1.55. The smallest absolute Gasteiger partial charge is 0.263 e. The van der Waals surface area contributed by atoms with Gasteiger partial charge in [-0.3, -0.25) is 9.52 Å². The molecule has 0 saturated carbocycles. The molecule has 9 nitrogen and oxygen atoms in total. The molecule has 0 saturated heterocycles. The zero-order valence-corrected chi connectivity index (χ0v) is 19.1. The molecule has 3 aromatic rings. The molecule has 2 heterocycles. The third-order valence-electron chi connectivity index (χ3n) is 4.01. The number of nitriles is 1. The lowest BCUT2D eigenvalue weighted by atomic mass is 10.3. The summed E-state index contributed by atoms with van der Waals surface area (Å²) < 4.78 is 27.2. The summed E-state index contributed by atoms with van der Waals surface area (Å²) in [7, 11) is -3.87. The molecule has 1 amide bonds. The minimum absolute atomic E-state index is 0.00245. The molecule has 0 fully saturated rings. The Kier molecular flexibility index (Phi) is 7.63. The molecular weight excluding hydrogens is 472 g/mol. The van der Waals surface area contributed by atoms with Crippen molar-refractivity contribution in [2.75, 3.05) is 15.8 Å². The van der Waals surface area contributed by atoms with Crippen LogP contribution >= 0.6 is 23.4 Å². The first-order valence-electron chi connectivity index (χ1n) is 9.19. The van der Waals surface area contributed by atoms with Gasteiger partial charge in [0.15, 0.2) is 11.0 Å². The second-order valence-electron chi connectivity index (χ2n) is 6.43. The Labute approximate surface area is 194 Å². The molecule has 0 unspecified atom stereocenters. The van der Waals surface area contributed by atoms with Crippen LogP contribution in [-0.2, 0) is 14.8 Å². The van der Waals surface area contributed by atoms with Gasteiger partial charge in [0.1, 0.15) is 11.1 Å². The minimum Gasteiger partial charge on any atom is -0.326 e. The number of hydrogen-bond acceptors (Lipinski definition) is 8. The quantitative estimate of drug-likeness (QED) is 0.458. The Morgan fingerprint density at radius 2 is 1.88 bits per heavy atom. The predicted octanol–water partition coefficient (Wildman–Crippen LogP) is 3.63. The summed E-state index contributed by atoms with van der Waals surface area (Å²) >= 11 is 6.97. The molecule has 3 rings (SSSR count). The van der Waals surface area contributed by atoms with Gasteiger partial charge in [-0.15, -0.1) is 22.0 Å². The van der Waals surface area contributed by atoms with Gasteiger partial charge in [0.05, 0.1) is 10.5 Å². The van der Waals surface area contributed by atoms with E-state index in [2.05, 4.69) is 31.3 Å². The number of hydrogen-bond donors (Lipinski definition) is 2. The van der Waals surface area contributed by atoms with E-state index in [9.17, 15) is 13.2 Å². The van der Waals surface area contributed by atoms with Crippen LogP contribution in [0.15, 0.2) is 58.5 Å². The molecule has 2 N–H and O–H groups in total. The highest BCUT2D eigenvalue weighted by Crippen LogP contribution is 2.22. The van der Waals surface area contributed by atoms with Crippen LogP contribution in [0.4, 0.5) is 11.5 Å². The summed E-state index contributed by atoms with van der Waals surface area (Å²) in [6, 6.07) is 14.1. The van der Waals surface area contributed by atoms with E-state index in [1.807, 2.05) is 6.92 Å². The van der Waals surface area contributed by atoms with Crippen LogP contribution in [0.1, 0.15) is 17.7 Å². The second-order valence-corrected chi connectivity index (χ2v) is 9.59. The first kappa shape index (κ1) is 23.5. The lowest BCUT2D eigenvalue weighted by molar-refractivity contribution is -0.115. The van der Waals surface area contributed by atoms with E-state index < -0.39 is 10.0 Å². The second kappa shape index (κ2) is 10.4. The monoisotopic (exact) mass is 488 g/mol. The standard InChI is InChI=1S/C20H17ClN6O3S2/c1-13-2-3-14(12-22)20(23-13)31-11-10-19(28)24-15-4-6-16(7-5-15)32(29,30)27-18-9-8-17(21)25-26-18/h2-9H,10-11H2,1H3,(H,24,28)(H,26,27). The zero-order chi connectivity index (χ0) is 23.1. The van der Waals surface area contributed by atoms with Crippen molar-refractivity contribution in [2.24, 2.45) is 0 Å². The molecule has 0 atom stereocenters. The predicted molar refractivity (Wildman–Crippen MR) is 122 cm³/mol. The van der Waals surface area contributed by atoms with Gasteiger partial charge >= 0.3 is 0 Å². The van der Waals surface area contributed by atoms with Gasteiger partial charge in [-0.2, -0.15) is 5.26 Å². The van der Waals surface area contributed by atoms with E-state index in [1.54, 1.807) is 12.1 Å². The number of halogens is 1. The maximum Gasteiger partial charge on any atom is 0.263 e. The number of carbonyl (C=O) groups is 1. The summed E-state index contributed by atoms with van der Waals surface area (Å²) in [5, 5.41) is 19.8. The Morgan fingerprint density at radius 3 is 2.53 bits per heavy atom. The molecule has 0 radical (unpaired) electrons. The summed E-state index contributed by atoms with van der Waals surface area (Å²) in [6.07, 6.45) is 0.196. The fourth-order valence-electron chi connectivity index (χ4n) is 2.48. The van der Waals surface area contributed by atoms with Gasteiger partial charge in [-0.1, -0.05) is 11.6 Å². The molecule has 0 aliphatic heterocycles. The fraction of sp³-hybridized carbons (Fsp3) is 0.150. The van der Waals surface area contributed by atoms with Crippen LogP contribution in [0.3, 0.4) is 0 Å². The van der Waals surface area contributed by atoms with Gasteiger partial charge in [0.25, 0.3) is 10.0 Å². The number of anilines is 2. The van der Waals surface area contributed by atoms with Crippen molar-refractivity contribution in [1.29, 1.82) is 5.26 Å². The maximum atomic E-state index is 12.4. The van der Waals surface area contributed by atoms with Crippen LogP contribution in [0, 0.1) is 18.3 Å². The SMILES string of the molecule is Cc1ccc(C#N)c(SCCC(=O)Nc2ccc(S(=O)(=O)Nc3ccc(Cl)nn3)cc2)n1. The number of aromatic nitrogens is 3. The van der Waals surface area contributed by atoms with Crippen LogP contribution in [0.5, 0.6) is 0 Å². The summed E-state index contributed by atoms with van der Waals surface area (Å²) in [5.41, 5.74) is 1.72. The average molecular weight is 489 g/mol. The number of carbonyl (C=O) groups excluding carboxylic acids is 1. The number of aryl methyl sites for hydroxylation is 1. The molecule has 12 heteroatoms. The molecule has 32 heavy (non-hydrogen) atoms. The van der Waals surface area contributed by atoms with Crippen molar-refractivity contribution in [2.45, 2.75) is 23.3 Å². The van der Waals surface area contributed by atoms with Crippen LogP contribution in [0.2, 0.25) is 5.15 Å². The summed E-state index contributed by atoms with van der Waals surface area (Å²) in [4.78, 5) is 16.5. The number of benzene rings is 1. The number of thioether (sulfide) groups is 1. The number of nitrogens with one attached hydrogen (secondary N) is 2. The van der Waals surface area contributed by atoms with Gasteiger partial charge in [-0.25, -0.2) is 13.4 Å². The van der Waals surface area contributed by atoms with Crippen molar-refractivity contribution in [1.82, 2.24) is 15.2 Å². The zero-order valence-electron chi connectivity index (χ0n) is 16.7. The number of nitrogens with zero attached hydrogens (tertiary/aromatic N) is 4. The molecule has 2 aromatic heterocycles. The number of sulfonamides is 1. The van der Waals surface area contributed by atoms with E-state index in [1.165, 1.54) is 48.2 Å². The van der Waals surface area contributed by atoms with Crippen molar-refractivity contribution in [3.05, 3.63) is 64.9 Å². The van der Waals surface area contributed by atoms with E-state index in [4.69, 9.17) is 16.9 Å². The molecule has 1 aromatic carbocycles. The van der Waals surface area contributed by atoms with Gasteiger partial charge in [0, 0.05) is 23.6 Å². The largest absolute Gasteiger partial charge is 0.326 e. The highest BCUT2D eigenvalue weighted by atomic mass is 35.5. The number of pyridine rings is 1. The molecule has 0 bridgehead atoms. The topological polar surface area (TPSA) is 138 Å². The lowest BCUT2D eigenvalue weighted by Crippen LogP contribution is -2.15. The molecule has 0 aliphatic carbocycles. The van der Waals surface area contributed by atoms with Crippen molar-refractivity contribution < 1.29 is 13.2 Å². The number of amides is 1. The molecule has 0 aliphatic rings. The Bertz CT molecular complexity index is 1260. The lowest BCUT2D eigenvalue weighted by Gasteiger charge is -2.09. The first-order valence-corrected chi connectivity index (χ1v) is 12.0. The fourth-order valence-corrected chi connectivity index (χ4v) is 4.53. The van der Waals surface area contributed by atoms with Crippen molar-refractivity contribution in [3.8, 4) is 6.07 Å². The van der Waals surface area contributed by atoms with Crippen LogP contribution < -0.4 is 10.0 Å². The molecule has 164 valence electrons. The highest BCUT2D eigenvalue weighted by molar-refractivity contribution is 7.99. The number of rotatable bonds is 8. The maximum absolute atomic E-state index is 12.4. The third-order valence-corrected chi connectivity index (χ3v) is 6.57. The van der Waals surface area contributed by atoms with Gasteiger partial charge in [-0.05, 0) is 55.5 Å². The Morgan fingerprint density at radius 1 is 1.12 bits per heavy atom. The third kappa shape index (κ3) is 6.40. The van der Waals surface area contributed by atoms with E-state index in [-0.39, 0.29) is 28.2 Å². The molecular formula is C20H17ClN6O3S2. The highest BCUT2D eigenvalue weighted by Gasteiger charge is 2.15. The van der Waals surface area contributed by atoms with Crippen molar-refractivity contribution in [3.63, 3.8) is 0 Å². The van der Waals surface area contributed by atoms with Gasteiger partial charge < -0.3 is 5.32 Å². The average Bonchev–Trinajstić information content (AvgIpc) is 2.76. The molecule has 0 spiro atoms.